The monoisotopic (exact) mass is 268 g/mol. The standard InChI is InChI=1S/C15H22F2N2/c1-19(2)15(7-3-4-8-15)11-18-10-12-9-13(16)5-6-14(12)17/h5-6,9,18H,3-4,7-8,10-11H2,1-2H3. The van der Waals surface area contributed by atoms with E-state index in [0.29, 0.717) is 12.1 Å². The zero-order chi connectivity index (χ0) is 13.9. The molecule has 1 aromatic rings. The van der Waals surface area contributed by atoms with E-state index < -0.39 is 0 Å². The van der Waals surface area contributed by atoms with Gasteiger partial charge in [-0.25, -0.2) is 8.78 Å². The van der Waals surface area contributed by atoms with Gasteiger partial charge in [0.25, 0.3) is 0 Å². The first-order valence-corrected chi connectivity index (χ1v) is 6.86. The van der Waals surface area contributed by atoms with Gasteiger partial charge in [-0.15, -0.1) is 0 Å². The molecule has 1 fully saturated rings. The SMILES string of the molecule is CN(C)C1(CNCc2cc(F)ccc2F)CCCC1. The van der Waals surface area contributed by atoms with Crippen molar-refractivity contribution in [3.05, 3.63) is 35.4 Å². The normalized spacial score (nSPS) is 18.2. The number of nitrogens with one attached hydrogen (secondary N) is 1. The second-order valence-corrected chi connectivity index (χ2v) is 5.67. The molecular formula is C15H22F2N2. The molecule has 0 spiro atoms. The smallest absolute Gasteiger partial charge is 0.127 e. The molecule has 1 N–H and O–H groups in total. The highest BCUT2D eigenvalue weighted by molar-refractivity contribution is 5.18. The first kappa shape index (κ1) is 14.4. The van der Waals surface area contributed by atoms with Crippen LogP contribution in [0.3, 0.4) is 0 Å². The van der Waals surface area contributed by atoms with Gasteiger partial charge < -0.3 is 10.2 Å². The van der Waals surface area contributed by atoms with Gasteiger partial charge in [-0.1, -0.05) is 12.8 Å². The largest absolute Gasteiger partial charge is 0.311 e. The van der Waals surface area contributed by atoms with Crippen LogP contribution in [0.15, 0.2) is 18.2 Å². The van der Waals surface area contributed by atoms with Gasteiger partial charge in [0.05, 0.1) is 0 Å². The van der Waals surface area contributed by atoms with Gasteiger partial charge in [0.2, 0.25) is 0 Å². The van der Waals surface area contributed by atoms with E-state index in [-0.39, 0.29) is 17.2 Å². The van der Waals surface area contributed by atoms with Crippen molar-refractivity contribution < 1.29 is 8.78 Å². The van der Waals surface area contributed by atoms with E-state index in [0.717, 1.165) is 12.6 Å². The van der Waals surface area contributed by atoms with Gasteiger partial charge >= 0.3 is 0 Å². The predicted molar refractivity (Wildman–Crippen MR) is 73.0 cm³/mol. The summed E-state index contributed by atoms with van der Waals surface area (Å²) in [6, 6.07) is 3.60. The van der Waals surface area contributed by atoms with Crippen LogP contribution < -0.4 is 5.32 Å². The van der Waals surface area contributed by atoms with Crippen LogP contribution in [0.25, 0.3) is 0 Å². The zero-order valence-corrected chi connectivity index (χ0v) is 11.7. The molecule has 0 bridgehead atoms. The first-order chi connectivity index (χ1) is 9.03. The number of rotatable bonds is 5. The van der Waals surface area contributed by atoms with Crippen LogP contribution in [-0.4, -0.2) is 31.1 Å². The van der Waals surface area contributed by atoms with E-state index in [2.05, 4.69) is 24.3 Å². The van der Waals surface area contributed by atoms with Crippen LogP contribution in [0.2, 0.25) is 0 Å². The van der Waals surface area contributed by atoms with Crippen molar-refractivity contribution in [2.45, 2.75) is 37.8 Å². The number of likely N-dealkylation sites (N-methyl/N-ethyl adjacent to an activating group) is 1. The van der Waals surface area contributed by atoms with Crippen LogP contribution in [-0.2, 0) is 6.54 Å². The Morgan fingerprint density at radius 3 is 2.53 bits per heavy atom. The summed E-state index contributed by atoms with van der Waals surface area (Å²) < 4.78 is 26.6. The van der Waals surface area contributed by atoms with Crippen molar-refractivity contribution >= 4 is 0 Å². The maximum absolute atomic E-state index is 13.5. The summed E-state index contributed by atoms with van der Waals surface area (Å²) in [5.41, 5.74) is 0.566. The van der Waals surface area contributed by atoms with Gasteiger partial charge in [0, 0.05) is 24.2 Å². The number of hydrogen-bond acceptors (Lipinski definition) is 2. The quantitative estimate of drug-likeness (QED) is 0.883. The van der Waals surface area contributed by atoms with Crippen molar-refractivity contribution in [3.8, 4) is 0 Å². The van der Waals surface area contributed by atoms with E-state index in [1.54, 1.807) is 0 Å². The molecule has 0 aliphatic heterocycles. The average molecular weight is 268 g/mol. The lowest BCUT2D eigenvalue weighted by atomic mass is 9.96. The minimum Gasteiger partial charge on any atom is -0.311 e. The van der Waals surface area contributed by atoms with Crippen molar-refractivity contribution in [1.82, 2.24) is 10.2 Å². The van der Waals surface area contributed by atoms with E-state index in [1.807, 2.05) is 0 Å². The Morgan fingerprint density at radius 1 is 1.21 bits per heavy atom. The van der Waals surface area contributed by atoms with Crippen LogP contribution in [0.1, 0.15) is 31.2 Å². The summed E-state index contributed by atoms with van der Waals surface area (Å²) in [4.78, 5) is 2.26. The molecular weight excluding hydrogens is 246 g/mol. The molecule has 0 aromatic heterocycles. The Balaban J connectivity index is 1.94. The van der Waals surface area contributed by atoms with Gasteiger partial charge in [0.1, 0.15) is 11.6 Å². The predicted octanol–water partition coefficient (Wildman–Crippen LogP) is 2.93. The molecule has 0 heterocycles. The second kappa shape index (κ2) is 5.97. The molecule has 0 radical (unpaired) electrons. The highest BCUT2D eigenvalue weighted by Crippen LogP contribution is 2.33. The molecule has 1 saturated carbocycles. The first-order valence-electron chi connectivity index (χ1n) is 6.86. The highest BCUT2D eigenvalue weighted by Gasteiger charge is 2.35. The van der Waals surface area contributed by atoms with E-state index in [1.165, 1.54) is 37.8 Å². The molecule has 0 saturated heterocycles. The number of benzene rings is 1. The Kier molecular flexibility index (Phi) is 4.53. The summed E-state index contributed by atoms with van der Waals surface area (Å²) in [7, 11) is 4.19. The number of halogens is 2. The molecule has 2 rings (SSSR count). The molecule has 1 aliphatic rings. The molecule has 19 heavy (non-hydrogen) atoms. The molecule has 1 aromatic carbocycles. The average Bonchev–Trinajstić information content (AvgIpc) is 2.84. The van der Waals surface area contributed by atoms with Gasteiger partial charge in [-0.05, 0) is 45.1 Å². The van der Waals surface area contributed by atoms with E-state index in [9.17, 15) is 8.78 Å². The summed E-state index contributed by atoms with van der Waals surface area (Å²) >= 11 is 0. The van der Waals surface area contributed by atoms with Gasteiger partial charge in [-0.2, -0.15) is 0 Å². The van der Waals surface area contributed by atoms with Crippen LogP contribution in [0.4, 0.5) is 8.78 Å². The molecule has 106 valence electrons. The zero-order valence-electron chi connectivity index (χ0n) is 11.7. The third kappa shape index (κ3) is 3.31. The summed E-state index contributed by atoms with van der Waals surface area (Å²) in [6.07, 6.45) is 4.82. The third-order valence-electron chi connectivity index (χ3n) is 4.26. The second-order valence-electron chi connectivity index (χ2n) is 5.67. The van der Waals surface area contributed by atoms with Crippen LogP contribution in [0, 0.1) is 11.6 Å². The molecule has 4 heteroatoms. The number of hydrogen-bond donors (Lipinski definition) is 1. The summed E-state index contributed by atoms with van der Waals surface area (Å²) in [5.74, 6) is -0.736. The van der Waals surface area contributed by atoms with Crippen LogP contribution in [0.5, 0.6) is 0 Å². The molecule has 0 amide bonds. The lowest BCUT2D eigenvalue weighted by molar-refractivity contribution is 0.153. The maximum atomic E-state index is 13.5. The minimum atomic E-state index is -0.388. The Labute approximate surface area is 113 Å². The summed E-state index contributed by atoms with van der Waals surface area (Å²) in [6.45, 7) is 1.19. The fraction of sp³-hybridized carbons (Fsp3) is 0.600. The van der Waals surface area contributed by atoms with Crippen molar-refractivity contribution in [1.29, 1.82) is 0 Å². The van der Waals surface area contributed by atoms with Gasteiger partial charge in [-0.3, -0.25) is 0 Å². The van der Waals surface area contributed by atoms with Crippen molar-refractivity contribution in [2.24, 2.45) is 0 Å². The van der Waals surface area contributed by atoms with Crippen molar-refractivity contribution in [2.75, 3.05) is 20.6 Å². The third-order valence-corrected chi connectivity index (χ3v) is 4.26. The van der Waals surface area contributed by atoms with E-state index in [4.69, 9.17) is 0 Å². The summed E-state index contributed by atoms with van der Waals surface area (Å²) in [5, 5.41) is 3.29. The Bertz CT molecular complexity index is 426. The topological polar surface area (TPSA) is 15.3 Å². The minimum absolute atomic E-state index is 0.170. The maximum Gasteiger partial charge on any atom is 0.127 e. The number of nitrogens with zero attached hydrogens (tertiary/aromatic N) is 1. The molecule has 2 nitrogen and oxygen atoms in total. The van der Waals surface area contributed by atoms with E-state index >= 15 is 0 Å². The fourth-order valence-corrected chi connectivity index (χ4v) is 2.92. The molecule has 1 aliphatic carbocycles. The Morgan fingerprint density at radius 2 is 1.89 bits per heavy atom. The van der Waals surface area contributed by atoms with Crippen LogP contribution >= 0.6 is 0 Å². The molecule has 0 unspecified atom stereocenters. The fourth-order valence-electron chi connectivity index (χ4n) is 2.92. The molecule has 0 atom stereocenters. The highest BCUT2D eigenvalue weighted by atomic mass is 19.1. The van der Waals surface area contributed by atoms with Gasteiger partial charge in [0.15, 0.2) is 0 Å². The Hall–Kier alpha value is -1.00. The lowest BCUT2D eigenvalue weighted by Gasteiger charge is -2.36. The lowest BCUT2D eigenvalue weighted by Crippen LogP contribution is -2.49. The van der Waals surface area contributed by atoms with Crippen molar-refractivity contribution in [3.63, 3.8) is 0 Å².